The minimum atomic E-state index is -0.237. The fourth-order valence-corrected chi connectivity index (χ4v) is 1.89. The first-order valence-electron chi connectivity index (χ1n) is 8.00. The molecule has 0 aliphatic rings. The number of carbonyl (C=O) groups excluding carboxylic acids is 1. The fraction of sp³-hybridized carbons (Fsp3) is 0.316. The summed E-state index contributed by atoms with van der Waals surface area (Å²) in [7, 11) is 0. The van der Waals surface area contributed by atoms with Crippen LogP contribution in [-0.4, -0.2) is 23.5 Å². The highest BCUT2D eigenvalue weighted by atomic mass is 16.5. The fourth-order valence-electron chi connectivity index (χ4n) is 1.89. The van der Waals surface area contributed by atoms with Gasteiger partial charge in [0.2, 0.25) is 0 Å². The normalized spacial score (nSPS) is 11.4. The van der Waals surface area contributed by atoms with Crippen LogP contribution in [0.2, 0.25) is 0 Å². The van der Waals surface area contributed by atoms with Crippen LogP contribution in [-0.2, 0) is 11.3 Å². The van der Waals surface area contributed by atoms with Crippen molar-refractivity contribution in [1.82, 2.24) is 10.3 Å². The van der Waals surface area contributed by atoms with Gasteiger partial charge in [-0.25, -0.2) is 4.99 Å². The molecule has 1 aromatic heterocycles. The zero-order valence-corrected chi connectivity index (χ0v) is 14.3. The van der Waals surface area contributed by atoms with Crippen LogP contribution >= 0.6 is 0 Å². The Morgan fingerprint density at radius 2 is 1.96 bits per heavy atom. The van der Waals surface area contributed by atoms with Crippen LogP contribution in [0.3, 0.4) is 0 Å². The maximum Gasteiger partial charge on any atom is 0.292 e. The number of pyridine rings is 1. The van der Waals surface area contributed by atoms with Crippen LogP contribution in [0.1, 0.15) is 35.5 Å². The Balaban J connectivity index is 2.07. The largest absolute Gasteiger partial charge is 0.465 e. The Morgan fingerprint density at radius 3 is 2.58 bits per heavy atom. The van der Waals surface area contributed by atoms with Crippen molar-refractivity contribution in [3.05, 3.63) is 65.5 Å². The van der Waals surface area contributed by atoms with Crippen LogP contribution in [0.25, 0.3) is 0 Å². The third kappa shape index (κ3) is 5.83. The summed E-state index contributed by atoms with van der Waals surface area (Å²) in [5, 5.41) is 2.74. The standard InChI is InChI=1S/C19H23N3O2/c1-14(2)13-24-19(21-12-17-6-4-5-11-20-17)22-18(23)16-9-7-15(3)8-10-16/h4-11,14H,12-13H2,1-3H3,(H,21,22,23). The molecule has 0 aliphatic heterocycles. The van der Waals surface area contributed by atoms with Crippen molar-refractivity contribution >= 4 is 11.9 Å². The Kier molecular flexibility index (Phi) is 6.49. The molecule has 0 unspecified atom stereocenters. The zero-order chi connectivity index (χ0) is 17.4. The second-order valence-electron chi connectivity index (χ2n) is 5.97. The number of aliphatic imine (C=N–C) groups is 1. The molecule has 1 aromatic carbocycles. The van der Waals surface area contributed by atoms with Gasteiger partial charge in [-0.15, -0.1) is 0 Å². The lowest BCUT2D eigenvalue weighted by Gasteiger charge is -2.12. The molecule has 0 bridgehead atoms. The zero-order valence-electron chi connectivity index (χ0n) is 14.3. The van der Waals surface area contributed by atoms with Gasteiger partial charge in [-0.1, -0.05) is 37.6 Å². The quantitative estimate of drug-likeness (QED) is 0.677. The number of hydrogen-bond donors (Lipinski definition) is 1. The lowest BCUT2D eigenvalue weighted by atomic mass is 10.1. The summed E-state index contributed by atoms with van der Waals surface area (Å²) in [5.41, 5.74) is 2.48. The molecule has 2 aromatic rings. The van der Waals surface area contributed by atoms with E-state index in [1.54, 1.807) is 18.3 Å². The number of ether oxygens (including phenoxy) is 1. The number of amidine groups is 1. The first-order valence-corrected chi connectivity index (χ1v) is 8.00. The van der Waals surface area contributed by atoms with E-state index < -0.39 is 0 Å². The van der Waals surface area contributed by atoms with Gasteiger partial charge in [0.15, 0.2) is 0 Å². The van der Waals surface area contributed by atoms with E-state index in [9.17, 15) is 4.79 Å². The number of nitrogens with zero attached hydrogens (tertiary/aromatic N) is 2. The van der Waals surface area contributed by atoms with Crippen LogP contribution in [0, 0.1) is 12.8 Å². The average Bonchev–Trinajstić information content (AvgIpc) is 2.58. The molecular formula is C19H23N3O2. The van der Waals surface area contributed by atoms with Crippen molar-refractivity contribution < 1.29 is 9.53 Å². The third-order valence-corrected chi connectivity index (χ3v) is 3.20. The summed E-state index contributed by atoms with van der Waals surface area (Å²) in [6.07, 6.45) is 1.71. The number of rotatable bonds is 5. The molecule has 5 heteroatoms. The van der Waals surface area contributed by atoms with Crippen molar-refractivity contribution in [2.75, 3.05) is 6.61 Å². The number of aryl methyl sites for hydroxylation is 1. The van der Waals surface area contributed by atoms with Crippen LogP contribution in [0.4, 0.5) is 0 Å². The molecule has 0 spiro atoms. The molecule has 0 radical (unpaired) electrons. The number of benzene rings is 1. The van der Waals surface area contributed by atoms with Crippen molar-refractivity contribution in [2.45, 2.75) is 27.3 Å². The molecule has 1 heterocycles. The predicted molar refractivity (Wildman–Crippen MR) is 94.8 cm³/mol. The van der Waals surface area contributed by atoms with Gasteiger partial charge in [-0.2, -0.15) is 0 Å². The smallest absolute Gasteiger partial charge is 0.292 e. The molecule has 0 atom stereocenters. The molecule has 1 N–H and O–H groups in total. The maximum absolute atomic E-state index is 12.3. The van der Waals surface area contributed by atoms with Crippen molar-refractivity contribution in [3.63, 3.8) is 0 Å². The van der Waals surface area contributed by atoms with Crippen molar-refractivity contribution in [3.8, 4) is 0 Å². The Labute approximate surface area is 142 Å². The van der Waals surface area contributed by atoms with Gasteiger partial charge in [0.1, 0.15) is 0 Å². The molecule has 1 amide bonds. The van der Waals surface area contributed by atoms with E-state index in [-0.39, 0.29) is 11.9 Å². The minimum absolute atomic E-state index is 0.222. The first-order chi connectivity index (χ1) is 11.5. The van der Waals surface area contributed by atoms with Gasteiger partial charge < -0.3 is 4.74 Å². The number of nitrogens with one attached hydrogen (secondary N) is 1. The summed E-state index contributed by atoms with van der Waals surface area (Å²) >= 11 is 0. The SMILES string of the molecule is Cc1ccc(C(=O)NC(=NCc2ccccn2)OCC(C)C)cc1. The van der Waals surface area contributed by atoms with Crippen molar-refractivity contribution in [2.24, 2.45) is 10.9 Å². The van der Waals surface area contributed by atoms with Gasteiger partial charge >= 0.3 is 0 Å². The topological polar surface area (TPSA) is 63.6 Å². The van der Waals surface area contributed by atoms with E-state index in [0.29, 0.717) is 24.6 Å². The molecule has 126 valence electrons. The van der Waals surface area contributed by atoms with E-state index in [1.807, 2.05) is 51.1 Å². The molecule has 24 heavy (non-hydrogen) atoms. The van der Waals surface area contributed by atoms with E-state index in [1.165, 1.54) is 0 Å². The van der Waals surface area contributed by atoms with Crippen molar-refractivity contribution in [1.29, 1.82) is 0 Å². The third-order valence-electron chi connectivity index (χ3n) is 3.20. The number of aromatic nitrogens is 1. The van der Waals surface area contributed by atoms with E-state index in [2.05, 4.69) is 15.3 Å². The summed E-state index contributed by atoms with van der Waals surface area (Å²) < 4.78 is 5.63. The second-order valence-corrected chi connectivity index (χ2v) is 5.97. The van der Waals surface area contributed by atoms with Gasteiger partial charge in [0, 0.05) is 11.8 Å². The molecule has 0 fully saturated rings. The first kappa shape index (κ1) is 17.7. The van der Waals surface area contributed by atoms with Gasteiger partial charge in [0.05, 0.1) is 18.8 Å². The number of carbonyl (C=O) groups is 1. The van der Waals surface area contributed by atoms with E-state index >= 15 is 0 Å². The average molecular weight is 325 g/mol. The molecular weight excluding hydrogens is 302 g/mol. The summed E-state index contributed by atoms with van der Waals surface area (Å²) in [5.74, 6) is 0.0971. The Morgan fingerprint density at radius 1 is 1.21 bits per heavy atom. The van der Waals surface area contributed by atoms with Crippen LogP contribution < -0.4 is 5.32 Å². The van der Waals surface area contributed by atoms with E-state index in [4.69, 9.17) is 4.74 Å². The Hall–Kier alpha value is -2.69. The number of amides is 1. The van der Waals surface area contributed by atoms with Gasteiger partial charge in [-0.3, -0.25) is 15.1 Å². The number of hydrogen-bond acceptors (Lipinski definition) is 4. The Bertz CT molecular complexity index is 680. The summed E-state index contributed by atoms with van der Waals surface area (Å²) in [6, 6.07) is 13.2. The van der Waals surface area contributed by atoms with Crippen LogP contribution in [0.5, 0.6) is 0 Å². The second kappa shape index (κ2) is 8.82. The predicted octanol–water partition coefficient (Wildman–Crippen LogP) is 3.35. The highest BCUT2D eigenvalue weighted by molar-refractivity contribution is 6.04. The minimum Gasteiger partial charge on any atom is -0.465 e. The molecule has 5 nitrogen and oxygen atoms in total. The van der Waals surface area contributed by atoms with Gasteiger partial charge in [-0.05, 0) is 37.1 Å². The molecule has 0 aliphatic carbocycles. The van der Waals surface area contributed by atoms with Gasteiger partial charge in [0.25, 0.3) is 11.9 Å². The maximum atomic E-state index is 12.3. The van der Waals surface area contributed by atoms with Crippen LogP contribution in [0.15, 0.2) is 53.7 Å². The highest BCUT2D eigenvalue weighted by Crippen LogP contribution is 2.04. The summed E-state index contributed by atoms with van der Waals surface area (Å²) in [4.78, 5) is 20.9. The van der Waals surface area contributed by atoms with E-state index in [0.717, 1.165) is 11.3 Å². The molecule has 0 saturated heterocycles. The summed E-state index contributed by atoms with van der Waals surface area (Å²) in [6.45, 7) is 6.89. The lowest BCUT2D eigenvalue weighted by molar-refractivity contribution is 0.0963. The highest BCUT2D eigenvalue weighted by Gasteiger charge is 2.10. The monoisotopic (exact) mass is 325 g/mol. The lowest BCUT2D eigenvalue weighted by Crippen LogP contribution is -2.33. The molecule has 0 saturated carbocycles. The molecule has 2 rings (SSSR count).